The summed E-state index contributed by atoms with van der Waals surface area (Å²) in [7, 11) is 0. The first kappa shape index (κ1) is 12.4. The van der Waals surface area contributed by atoms with Crippen LogP contribution >= 0.6 is 0 Å². The van der Waals surface area contributed by atoms with E-state index in [1.54, 1.807) is 0 Å². The first-order chi connectivity index (χ1) is 8.40. The van der Waals surface area contributed by atoms with Gasteiger partial charge in [-0.3, -0.25) is 0 Å². The van der Waals surface area contributed by atoms with Crippen LogP contribution in [0.4, 0.5) is 0 Å². The molecule has 1 N–H and O–H groups in total. The molecule has 1 aliphatic rings. The lowest BCUT2D eigenvalue weighted by Gasteiger charge is -2.16. The van der Waals surface area contributed by atoms with Crippen LogP contribution in [-0.4, -0.2) is 13.2 Å². The van der Waals surface area contributed by atoms with Crippen LogP contribution in [0.15, 0.2) is 24.3 Å². The van der Waals surface area contributed by atoms with Crippen molar-refractivity contribution in [3.05, 3.63) is 29.8 Å². The van der Waals surface area contributed by atoms with Gasteiger partial charge in [-0.15, -0.1) is 0 Å². The fourth-order valence-electron chi connectivity index (χ4n) is 2.33. The molecule has 0 aliphatic carbocycles. The molecule has 0 bridgehead atoms. The van der Waals surface area contributed by atoms with Crippen LogP contribution in [0.1, 0.15) is 50.6 Å². The zero-order valence-electron chi connectivity index (χ0n) is 10.7. The molecular formula is C15H23NO. The number of nitrogens with one attached hydrogen (secondary N) is 1. The third-order valence-corrected chi connectivity index (χ3v) is 3.32. The number of ether oxygens (including phenoxy) is 1. The van der Waals surface area contributed by atoms with Gasteiger partial charge < -0.3 is 10.1 Å². The van der Waals surface area contributed by atoms with Crippen LogP contribution in [0.3, 0.4) is 0 Å². The van der Waals surface area contributed by atoms with E-state index in [9.17, 15) is 0 Å². The molecule has 94 valence electrons. The zero-order chi connectivity index (χ0) is 11.9. The third kappa shape index (κ3) is 3.74. The highest BCUT2D eigenvalue weighted by atomic mass is 16.5. The molecule has 1 unspecified atom stereocenters. The fraction of sp³-hybridized carbons (Fsp3) is 0.600. The largest absolute Gasteiger partial charge is 0.494 e. The Bertz CT molecular complexity index is 312. The van der Waals surface area contributed by atoms with E-state index in [-0.39, 0.29) is 0 Å². The molecule has 1 aliphatic heterocycles. The molecule has 0 spiro atoms. The lowest BCUT2D eigenvalue weighted by atomic mass is 10.0. The third-order valence-electron chi connectivity index (χ3n) is 3.32. The van der Waals surface area contributed by atoms with Gasteiger partial charge in [0.2, 0.25) is 0 Å². The van der Waals surface area contributed by atoms with E-state index < -0.39 is 0 Å². The topological polar surface area (TPSA) is 21.3 Å². The molecule has 0 amide bonds. The quantitative estimate of drug-likeness (QED) is 0.856. The maximum absolute atomic E-state index is 5.60. The van der Waals surface area contributed by atoms with E-state index in [0.717, 1.165) is 25.3 Å². The molecule has 1 aromatic rings. The molecule has 1 aromatic carbocycles. The second-order valence-corrected chi connectivity index (χ2v) is 4.77. The van der Waals surface area contributed by atoms with Crippen LogP contribution in [0.25, 0.3) is 0 Å². The Kier molecular flexibility index (Phi) is 4.87. The Hall–Kier alpha value is -1.02. The first-order valence-corrected chi connectivity index (χ1v) is 6.86. The number of hydrogen-bond acceptors (Lipinski definition) is 2. The predicted octanol–water partition coefficient (Wildman–Crippen LogP) is 3.68. The van der Waals surface area contributed by atoms with Gasteiger partial charge in [-0.25, -0.2) is 0 Å². The van der Waals surface area contributed by atoms with Crippen molar-refractivity contribution in [2.75, 3.05) is 13.2 Å². The van der Waals surface area contributed by atoms with Gasteiger partial charge in [0.25, 0.3) is 0 Å². The lowest BCUT2D eigenvalue weighted by Crippen LogP contribution is -2.20. The summed E-state index contributed by atoms with van der Waals surface area (Å²) in [5, 5.41) is 3.62. The van der Waals surface area contributed by atoms with E-state index in [4.69, 9.17) is 4.74 Å². The Labute approximate surface area is 104 Å². The summed E-state index contributed by atoms with van der Waals surface area (Å²) in [6, 6.07) is 9.13. The van der Waals surface area contributed by atoms with E-state index >= 15 is 0 Å². The van der Waals surface area contributed by atoms with Gasteiger partial charge in [0.15, 0.2) is 0 Å². The van der Waals surface area contributed by atoms with Crippen LogP contribution in [-0.2, 0) is 0 Å². The van der Waals surface area contributed by atoms with Crippen molar-refractivity contribution in [2.45, 2.75) is 45.1 Å². The standard InChI is InChI=1S/C15H23NO/c1-2-12-17-14-9-7-13(8-10-14)15-6-4-3-5-11-16-15/h7-10,15-16H,2-6,11-12H2,1H3. The van der Waals surface area contributed by atoms with Gasteiger partial charge in [-0.2, -0.15) is 0 Å². The van der Waals surface area contributed by atoms with Gasteiger partial charge in [-0.1, -0.05) is 31.9 Å². The molecule has 0 radical (unpaired) electrons. The molecule has 0 aromatic heterocycles. The van der Waals surface area contributed by atoms with E-state index in [1.165, 1.54) is 31.2 Å². The summed E-state index contributed by atoms with van der Waals surface area (Å²) >= 11 is 0. The highest BCUT2D eigenvalue weighted by molar-refractivity contribution is 5.29. The van der Waals surface area contributed by atoms with Crippen LogP contribution in [0.5, 0.6) is 5.75 Å². The van der Waals surface area contributed by atoms with Gasteiger partial charge in [0.05, 0.1) is 6.61 Å². The summed E-state index contributed by atoms with van der Waals surface area (Å²) in [5.41, 5.74) is 1.40. The maximum atomic E-state index is 5.60. The predicted molar refractivity (Wildman–Crippen MR) is 71.4 cm³/mol. The second kappa shape index (κ2) is 6.65. The van der Waals surface area contributed by atoms with Gasteiger partial charge in [0.1, 0.15) is 5.75 Å². The molecule has 1 atom stereocenters. The average Bonchev–Trinajstić information content (AvgIpc) is 2.66. The van der Waals surface area contributed by atoms with Crippen molar-refractivity contribution in [2.24, 2.45) is 0 Å². The van der Waals surface area contributed by atoms with E-state index in [2.05, 4.69) is 36.5 Å². The fourth-order valence-corrected chi connectivity index (χ4v) is 2.33. The summed E-state index contributed by atoms with van der Waals surface area (Å²) in [6.45, 7) is 4.09. The van der Waals surface area contributed by atoms with Crippen LogP contribution in [0, 0.1) is 0 Å². The Morgan fingerprint density at radius 1 is 1.18 bits per heavy atom. The minimum atomic E-state index is 0.540. The summed E-state index contributed by atoms with van der Waals surface area (Å²) in [5.74, 6) is 0.990. The number of benzene rings is 1. The highest BCUT2D eigenvalue weighted by Gasteiger charge is 2.13. The van der Waals surface area contributed by atoms with Gasteiger partial charge >= 0.3 is 0 Å². The second-order valence-electron chi connectivity index (χ2n) is 4.77. The van der Waals surface area contributed by atoms with E-state index in [1.807, 2.05) is 0 Å². The Balaban J connectivity index is 1.96. The van der Waals surface area contributed by atoms with Crippen molar-refractivity contribution in [1.29, 1.82) is 0 Å². The normalized spacial score (nSPS) is 20.9. The summed E-state index contributed by atoms with van der Waals surface area (Å²) < 4.78 is 5.60. The molecule has 0 saturated carbocycles. The highest BCUT2D eigenvalue weighted by Crippen LogP contribution is 2.24. The van der Waals surface area contributed by atoms with Crippen LogP contribution < -0.4 is 10.1 Å². The lowest BCUT2D eigenvalue weighted by molar-refractivity contribution is 0.317. The van der Waals surface area contributed by atoms with Crippen molar-refractivity contribution < 1.29 is 4.74 Å². The molecule has 2 rings (SSSR count). The molecule has 17 heavy (non-hydrogen) atoms. The summed E-state index contributed by atoms with van der Waals surface area (Å²) in [4.78, 5) is 0. The molecule has 1 saturated heterocycles. The molecule has 2 heteroatoms. The minimum Gasteiger partial charge on any atom is -0.494 e. The van der Waals surface area contributed by atoms with Gasteiger partial charge in [-0.05, 0) is 43.5 Å². The van der Waals surface area contributed by atoms with Crippen molar-refractivity contribution in [1.82, 2.24) is 5.32 Å². The minimum absolute atomic E-state index is 0.540. The molecule has 1 fully saturated rings. The maximum Gasteiger partial charge on any atom is 0.119 e. The van der Waals surface area contributed by atoms with Gasteiger partial charge in [0, 0.05) is 6.04 Å². The van der Waals surface area contributed by atoms with Crippen molar-refractivity contribution in [3.8, 4) is 5.75 Å². The molecular weight excluding hydrogens is 210 g/mol. The monoisotopic (exact) mass is 233 g/mol. The Morgan fingerprint density at radius 2 is 2.00 bits per heavy atom. The smallest absolute Gasteiger partial charge is 0.119 e. The Morgan fingerprint density at radius 3 is 2.76 bits per heavy atom. The molecule has 2 nitrogen and oxygen atoms in total. The van der Waals surface area contributed by atoms with Crippen LogP contribution in [0.2, 0.25) is 0 Å². The van der Waals surface area contributed by atoms with Crippen molar-refractivity contribution >= 4 is 0 Å². The van der Waals surface area contributed by atoms with Crippen molar-refractivity contribution in [3.63, 3.8) is 0 Å². The number of hydrogen-bond donors (Lipinski definition) is 1. The summed E-state index contributed by atoms with van der Waals surface area (Å²) in [6.07, 6.45) is 6.34. The van der Waals surface area contributed by atoms with E-state index in [0.29, 0.717) is 6.04 Å². The zero-order valence-corrected chi connectivity index (χ0v) is 10.7. The average molecular weight is 233 g/mol. The molecule has 1 heterocycles. The first-order valence-electron chi connectivity index (χ1n) is 6.86. The number of rotatable bonds is 4. The SMILES string of the molecule is CCCOc1ccc(C2CCCCCN2)cc1.